The fourth-order valence-corrected chi connectivity index (χ4v) is 3.54. The first-order chi connectivity index (χ1) is 14.6. The molecule has 10 nitrogen and oxygen atoms in total. The van der Waals surface area contributed by atoms with Gasteiger partial charge in [0, 0.05) is 37.0 Å². The molecular formula is C20H19N5O5. The largest absolute Gasteiger partial charge is 0.465 e. The van der Waals surface area contributed by atoms with Crippen molar-refractivity contribution in [2.75, 3.05) is 25.1 Å². The molecule has 3 aromatic rings. The minimum absolute atomic E-state index is 0.0565. The average Bonchev–Trinajstić information content (AvgIpc) is 3.29. The molecule has 0 unspecified atom stereocenters. The van der Waals surface area contributed by atoms with E-state index in [-0.39, 0.29) is 17.2 Å². The van der Waals surface area contributed by atoms with E-state index in [0.29, 0.717) is 30.5 Å². The standard InChI is InChI=1S/C20H19N5O5/c1-29-20(26)15-12-14(5-6-17(15)25(27)28)24-10-7-13(8-11-24)19-22-18(23-30-19)16-4-2-3-9-21-16/h2-6,9,12-13H,7-8,10-11H2,1H3. The quantitative estimate of drug-likeness (QED) is 0.355. The molecule has 1 aliphatic heterocycles. The average molecular weight is 409 g/mol. The summed E-state index contributed by atoms with van der Waals surface area (Å²) >= 11 is 0. The molecule has 0 bridgehead atoms. The molecule has 1 aliphatic rings. The van der Waals surface area contributed by atoms with Crippen LogP contribution in [0.25, 0.3) is 11.5 Å². The second kappa shape index (κ2) is 8.27. The van der Waals surface area contributed by atoms with Crippen molar-refractivity contribution in [3.05, 3.63) is 64.2 Å². The number of piperidine rings is 1. The second-order valence-corrected chi connectivity index (χ2v) is 6.88. The van der Waals surface area contributed by atoms with Gasteiger partial charge in [-0.15, -0.1) is 0 Å². The van der Waals surface area contributed by atoms with Crippen LogP contribution in [0, 0.1) is 10.1 Å². The summed E-state index contributed by atoms with van der Waals surface area (Å²) in [6.07, 6.45) is 3.22. The topological polar surface area (TPSA) is 124 Å². The summed E-state index contributed by atoms with van der Waals surface area (Å²) in [5.74, 6) is 0.427. The SMILES string of the molecule is COC(=O)c1cc(N2CCC(c3nc(-c4ccccn4)no3)CC2)ccc1[N+](=O)[O-]. The lowest BCUT2D eigenvalue weighted by molar-refractivity contribution is -0.385. The lowest BCUT2D eigenvalue weighted by Gasteiger charge is -2.32. The normalized spacial score (nSPS) is 14.5. The first-order valence-corrected chi connectivity index (χ1v) is 9.43. The molecule has 0 atom stereocenters. The van der Waals surface area contributed by atoms with E-state index in [2.05, 4.69) is 24.8 Å². The van der Waals surface area contributed by atoms with Crippen LogP contribution in [0.5, 0.6) is 0 Å². The Morgan fingerprint density at radius 1 is 1.27 bits per heavy atom. The maximum absolute atomic E-state index is 12.0. The lowest BCUT2D eigenvalue weighted by atomic mass is 9.96. The number of rotatable bonds is 5. The fraction of sp³-hybridized carbons (Fsp3) is 0.300. The van der Waals surface area contributed by atoms with E-state index < -0.39 is 10.9 Å². The van der Waals surface area contributed by atoms with Gasteiger partial charge in [0.05, 0.1) is 12.0 Å². The van der Waals surface area contributed by atoms with Crippen LogP contribution in [-0.2, 0) is 4.74 Å². The first-order valence-electron chi connectivity index (χ1n) is 9.43. The maximum Gasteiger partial charge on any atom is 0.344 e. The second-order valence-electron chi connectivity index (χ2n) is 6.88. The van der Waals surface area contributed by atoms with Gasteiger partial charge in [0.25, 0.3) is 5.69 Å². The molecule has 154 valence electrons. The number of aromatic nitrogens is 3. The highest BCUT2D eigenvalue weighted by Crippen LogP contribution is 2.32. The molecule has 0 N–H and O–H groups in total. The number of hydrogen-bond acceptors (Lipinski definition) is 9. The van der Waals surface area contributed by atoms with Crippen LogP contribution >= 0.6 is 0 Å². The van der Waals surface area contributed by atoms with E-state index >= 15 is 0 Å². The Hall–Kier alpha value is -3.82. The van der Waals surface area contributed by atoms with Crippen molar-refractivity contribution in [2.45, 2.75) is 18.8 Å². The van der Waals surface area contributed by atoms with Gasteiger partial charge in [-0.25, -0.2) is 4.79 Å². The summed E-state index contributed by atoms with van der Waals surface area (Å²) in [4.78, 5) is 33.3. The molecule has 0 amide bonds. The summed E-state index contributed by atoms with van der Waals surface area (Å²) in [6, 6.07) is 10.0. The predicted molar refractivity (Wildman–Crippen MR) is 106 cm³/mol. The van der Waals surface area contributed by atoms with Gasteiger partial charge < -0.3 is 14.2 Å². The molecule has 1 saturated heterocycles. The van der Waals surface area contributed by atoms with E-state index in [1.165, 1.54) is 19.2 Å². The van der Waals surface area contributed by atoms with Crippen molar-refractivity contribution in [1.82, 2.24) is 15.1 Å². The van der Waals surface area contributed by atoms with Gasteiger partial charge in [-0.3, -0.25) is 15.1 Å². The van der Waals surface area contributed by atoms with Gasteiger partial charge in [-0.1, -0.05) is 11.2 Å². The first kappa shape index (κ1) is 19.5. The lowest BCUT2D eigenvalue weighted by Crippen LogP contribution is -2.33. The van der Waals surface area contributed by atoms with Gasteiger partial charge >= 0.3 is 5.97 Å². The highest BCUT2D eigenvalue weighted by molar-refractivity contribution is 5.95. The molecule has 1 fully saturated rings. The molecule has 3 heterocycles. The molecule has 0 spiro atoms. The van der Waals surface area contributed by atoms with Crippen LogP contribution in [0.2, 0.25) is 0 Å². The van der Waals surface area contributed by atoms with Gasteiger partial charge in [-0.05, 0) is 37.1 Å². The third-order valence-corrected chi connectivity index (χ3v) is 5.13. The van der Waals surface area contributed by atoms with E-state index in [9.17, 15) is 14.9 Å². The highest BCUT2D eigenvalue weighted by atomic mass is 16.6. The summed E-state index contributed by atoms with van der Waals surface area (Å²) in [7, 11) is 1.20. The molecule has 0 aliphatic carbocycles. The van der Waals surface area contributed by atoms with Crippen molar-refractivity contribution in [2.24, 2.45) is 0 Å². The zero-order chi connectivity index (χ0) is 21.1. The Kier molecular flexibility index (Phi) is 5.38. The number of ether oxygens (including phenoxy) is 1. The maximum atomic E-state index is 12.0. The van der Waals surface area contributed by atoms with Crippen molar-refractivity contribution >= 4 is 17.3 Å². The molecule has 30 heavy (non-hydrogen) atoms. The number of nitro benzene ring substituents is 1. The Labute approximate surface area is 171 Å². The van der Waals surface area contributed by atoms with Crippen LogP contribution in [0.3, 0.4) is 0 Å². The van der Waals surface area contributed by atoms with E-state index in [1.807, 2.05) is 18.2 Å². The number of carbonyl (C=O) groups excluding carboxylic acids is 1. The Morgan fingerprint density at radius 2 is 2.07 bits per heavy atom. The van der Waals surface area contributed by atoms with Crippen molar-refractivity contribution < 1.29 is 19.0 Å². The van der Waals surface area contributed by atoms with Crippen molar-refractivity contribution in [1.29, 1.82) is 0 Å². The summed E-state index contributed by atoms with van der Waals surface area (Å²) in [6.45, 7) is 1.37. The predicted octanol–water partition coefficient (Wildman–Crippen LogP) is 3.21. The Morgan fingerprint density at radius 3 is 2.73 bits per heavy atom. The summed E-state index contributed by atoms with van der Waals surface area (Å²) in [5.41, 5.74) is 1.07. The van der Waals surface area contributed by atoms with Crippen LogP contribution < -0.4 is 4.90 Å². The number of nitro groups is 1. The molecule has 0 saturated carbocycles. The Bertz CT molecular complexity index is 1060. The molecular weight excluding hydrogens is 390 g/mol. The monoisotopic (exact) mass is 409 g/mol. The molecule has 1 aromatic carbocycles. The minimum atomic E-state index is -0.730. The number of carbonyl (C=O) groups is 1. The summed E-state index contributed by atoms with van der Waals surface area (Å²) < 4.78 is 10.1. The van der Waals surface area contributed by atoms with Crippen molar-refractivity contribution in [3.8, 4) is 11.5 Å². The highest BCUT2D eigenvalue weighted by Gasteiger charge is 2.28. The van der Waals surface area contributed by atoms with Crippen LogP contribution in [-0.4, -0.2) is 46.2 Å². The number of esters is 1. The van der Waals surface area contributed by atoms with Gasteiger partial charge in [-0.2, -0.15) is 4.98 Å². The van der Waals surface area contributed by atoms with Crippen LogP contribution in [0.15, 0.2) is 47.1 Å². The number of benzene rings is 1. The number of nitrogens with zero attached hydrogens (tertiary/aromatic N) is 5. The summed E-state index contributed by atoms with van der Waals surface area (Å²) in [5, 5.41) is 15.2. The van der Waals surface area contributed by atoms with E-state index in [4.69, 9.17) is 4.52 Å². The third-order valence-electron chi connectivity index (χ3n) is 5.13. The van der Waals surface area contributed by atoms with Gasteiger partial charge in [0.15, 0.2) is 0 Å². The minimum Gasteiger partial charge on any atom is -0.465 e. The molecule has 10 heteroatoms. The Balaban J connectivity index is 1.47. The van der Waals surface area contributed by atoms with Gasteiger partial charge in [0.2, 0.25) is 11.7 Å². The number of anilines is 1. The smallest absolute Gasteiger partial charge is 0.344 e. The zero-order valence-electron chi connectivity index (χ0n) is 16.2. The third kappa shape index (κ3) is 3.84. The van der Waals surface area contributed by atoms with Crippen LogP contribution in [0.1, 0.15) is 35.0 Å². The van der Waals surface area contributed by atoms with E-state index in [1.54, 1.807) is 12.3 Å². The molecule has 2 aromatic heterocycles. The van der Waals surface area contributed by atoms with Gasteiger partial charge in [0.1, 0.15) is 11.3 Å². The molecule has 4 rings (SSSR count). The number of pyridine rings is 1. The van der Waals surface area contributed by atoms with E-state index in [0.717, 1.165) is 18.5 Å². The number of methoxy groups -OCH3 is 1. The molecule has 0 radical (unpaired) electrons. The van der Waals surface area contributed by atoms with Crippen LogP contribution in [0.4, 0.5) is 11.4 Å². The zero-order valence-corrected chi connectivity index (χ0v) is 16.2. The fourth-order valence-electron chi connectivity index (χ4n) is 3.54. The number of hydrogen-bond donors (Lipinski definition) is 0. The van der Waals surface area contributed by atoms with Crippen molar-refractivity contribution in [3.63, 3.8) is 0 Å².